The Labute approximate surface area is 122 Å². The van der Waals surface area contributed by atoms with E-state index < -0.39 is 0 Å². The minimum atomic E-state index is 0.246. The second-order valence-corrected chi connectivity index (χ2v) is 5.73. The van der Waals surface area contributed by atoms with Gasteiger partial charge in [-0.25, -0.2) is 0 Å². The van der Waals surface area contributed by atoms with E-state index >= 15 is 0 Å². The number of nitrogens with zero attached hydrogens (tertiary/aromatic N) is 1. The topological polar surface area (TPSA) is 32.3 Å². The highest BCUT2D eigenvalue weighted by atomic mass is 16.2. The van der Waals surface area contributed by atoms with Crippen LogP contribution in [0.2, 0.25) is 0 Å². The first-order chi connectivity index (χ1) is 9.77. The van der Waals surface area contributed by atoms with Crippen molar-refractivity contribution in [3.63, 3.8) is 0 Å². The molecule has 0 aliphatic carbocycles. The molecule has 1 saturated heterocycles. The number of rotatable bonds is 6. The number of benzene rings is 1. The minimum Gasteiger partial charge on any atom is -0.346 e. The van der Waals surface area contributed by atoms with Gasteiger partial charge in [0.2, 0.25) is 5.91 Å². The normalized spacial score (nSPS) is 16.1. The highest BCUT2D eigenvalue weighted by molar-refractivity contribution is 5.78. The summed E-state index contributed by atoms with van der Waals surface area (Å²) in [6.45, 7) is 2.85. The van der Waals surface area contributed by atoms with Crippen LogP contribution in [0.4, 0.5) is 0 Å². The lowest BCUT2D eigenvalue weighted by molar-refractivity contribution is -0.135. The highest BCUT2D eigenvalue weighted by Crippen LogP contribution is 2.15. The third-order valence-electron chi connectivity index (χ3n) is 4.12. The smallest absolute Gasteiger partial charge is 0.225 e. The van der Waals surface area contributed by atoms with Crippen molar-refractivity contribution >= 4 is 5.91 Å². The molecule has 1 aromatic carbocycles. The van der Waals surface area contributed by atoms with Crippen LogP contribution in [0.5, 0.6) is 0 Å². The van der Waals surface area contributed by atoms with Crippen LogP contribution in [0.15, 0.2) is 30.3 Å². The largest absolute Gasteiger partial charge is 0.346 e. The quantitative estimate of drug-likeness (QED) is 0.808. The van der Waals surface area contributed by atoms with Crippen LogP contribution in [-0.2, 0) is 11.2 Å². The molecule has 0 aromatic heterocycles. The summed E-state index contributed by atoms with van der Waals surface area (Å²) in [6, 6.07) is 10.6. The lowest BCUT2D eigenvalue weighted by Crippen LogP contribution is -2.39. The number of hydrogen-bond acceptors (Lipinski definition) is 2. The molecule has 110 valence electrons. The van der Waals surface area contributed by atoms with Gasteiger partial charge in [-0.15, -0.1) is 0 Å². The number of piperidine rings is 1. The van der Waals surface area contributed by atoms with Crippen LogP contribution >= 0.6 is 0 Å². The van der Waals surface area contributed by atoms with E-state index in [4.69, 9.17) is 0 Å². The first-order valence-electron chi connectivity index (χ1n) is 7.77. The minimum absolute atomic E-state index is 0.246. The monoisotopic (exact) mass is 274 g/mol. The molecule has 1 aromatic rings. The van der Waals surface area contributed by atoms with Gasteiger partial charge in [0.25, 0.3) is 0 Å². The summed E-state index contributed by atoms with van der Waals surface area (Å²) in [4.78, 5) is 14.2. The van der Waals surface area contributed by atoms with Crippen molar-refractivity contribution in [1.82, 2.24) is 10.2 Å². The molecule has 1 aliphatic heterocycles. The van der Waals surface area contributed by atoms with Gasteiger partial charge >= 0.3 is 0 Å². The Morgan fingerprint density at radius 3 is 2.60 bits per heavy atom. The summed E-state index contributed by atoms with van der Waals surface area (Å²) in [6.07, 6.45) is 5.33. The second-order valence-electron chi connectivity index (χ2n) is 5.73. The maximum Gasteiger partial charge on any atom is 0.225 e. The number of hydrogen-bond donors (Lipinski definition) is 1. The standard InChI is InChI=1S/C17H26N2O/c1-19(17(20)16-10-12-18-13-11-16)14-6-5-9-15-7-3-2-4-8-15/h2-4,7-8,16,18H,5-6,9-14H2,1H3. The number of aryl methyl sites for hydroxylation is 1. The summed E-state index contributed by atoms with van der Waals surface area (Å²) in [5, 5.41) is 3.31. The van der Waals surface area contributed by atoms with Crippen molar-refractivity contribution in [3.05, 3.63) is 35.9 Å². The van der Waals surface area contributed by atoms with Crippen molar-refractivity contribution in [2.75, 3.05) is 26.7 Å². The van der Waals surface area contributed by atoms with Crippen molar-refractivity contribution in [2.45, 2.75) is 32.1 Å². The molecule has 0 radical (unpaired) electrons. The van der Waals surface area contributed by atoms with Crippen LogP contribution in [0.25, 0.3) is 0 Å². The lowest BCUT2D eigenvalue weighted by atomic mass is 9.96. The molecule has 0 atom stereocenters. The van der Waals surface area contributed by atoms with Gasteiger partial charge in [-0.3, -0.25) is 4.79 Å². The van der Waals surface area contributed by atoms with Crippen LogP contribution in [0.1, 0.15) is 31.2 Å². The number of carbonyl (C=O) groups excluding carboxylic acids is 1. The Balaban J connectivity index is 1.64. The molecule has 0 saturated carbocycles. The molecular weight excluding hydrogens is 248 g/mol. The van der Waals surface area contributed by atoms with Gasteiger partial charge in [0.05, 0.1) is 0 Å². The number of carbonyl (C=O) groups is 1. The van der Waals surface area contributed by atoms with E-state index in [1.165, 1.54) is 5.56 Å². The molecule has 1 fully saturated rings. The van der Waals surface area contributed by atoms with Crippen LogP contribution in [0.3, 0.4) is 0 Å². The number of nitrogens with one attached hydrogen (secondary N) is 1. The Bertz CT molecular complexity index is 399. The maximum absolute atomic E-state index is 12.3. The zero-order valence-electron chi connectivity index (χ0n) is 12.5. The van der Waals surface area contributed by atoms with Crippen molar-refractivity contribution in [1.29, 1.82) is 0 Å². The molecule has 2 rings (SSSR count). The molecule has 1 aliphatic rings. The van der Waals surface area contributed by atoms with Crippen LogP contribution < -0.4 is 5.32 Å². The van der Waals surface area contributed by atoms with Gasteiger partial charge in [-0.2, -0.15) is 0 Å². The first kappa shape index (κ1) is 15.0. The van der Waals surface area contributed by atoms with Crippen molar-refractivity contribution in [2.24, 2.45) is 5.92 Å². The van der Waals surface area contributed by atoms with Gasteiger partial charge in [-0.1, -0.05) is 30.3 Å². The Kier molecular flexibility index (Phi) is 6.06. The molecule has 0 spiro atoms. The summed E-state index contributed by atoms with van der Waals surface area (Å²) in [7, 11) is 1.95. The van der Waals surface area contributed by atoms with E-state index in [1.54, 1.807) is 0 Å². The van der Waals surface area contributed by atoms with Gasteiger partial charge in [0.15, 0.2) is 0 Å². The van der Waals surface area contributed by atoms with Crippen molar-refractivity contribution < 1.29 is 4.79 Å². The fraction of sp³-hybridized carbons (Fsp3) is 0.588. The van der Waals surface area contributed by atoms with Crippen molar-refractivity contribution in [3.8, 4) is 0 Å². The van der Waals surface area contributed by atoms with Gasteiger partial charge in [0, 0.05) is 19.5 Å². The maximum atomic E-state index is 12.3. The summed E-state index contributed by atoms with van der Waals surface area (Å²) >= 11 is 0. The average molecular weight is 274 g/mol. The Morgan fingerprint density at radius 2 is 1.90 bits per heavy atom. The lowest BCUT2D eigenvalue weighted by Gasteiger charge is -2.27. The van der Waals surface area contributed by atoms with E-state index in [-0.39, 0.29) is 5.92 Å². The summed E-state index contributed by atoms with van der Waals surface area (Å²) in [5.74, 6) is 0.585. The average Bonchev–Trinajstić information content (AvgIpc) is 2.52. The second kappa shape index (κ2) is 8.05. The molecule has 3 heteroatoms. The van der Waals surface area contributed by atoms with Gasteiger partial charge in [0.1, 0.15) is 0 Å². The van der Waals surface area contributed by atoms with E-state index in [0.717, 1.165) is 51.7 Å². The predicted octanol–water partition coefficient (Wildman–Crippen LogP) is 2.47. The fourth-order valence-electron chi connectivity index (χ4n) is 2.81. The molecule has 20 heavy (non-hydrogen) atoms. The molecular formula is C17H26N2O. The summed E-state index contributed by atoms with van der Waals surface area (Å²) < 4.78 is 0. The Hall–Kier alpha value is -1.35. The first-order valence-corrected chi connectivity index (χ1v) is 7.77. The molecule has 1 N–H and O–H groups in total. The molecule has 0 bridgehead atoms. The Morgan fingerprint density at radius 1 is 1.20 bits per heavy atom. The highest BCUT2D eigenvalue weighted by Gasteiger charge is 2.23. The zero-order valence-corrected chi connectivity index (χ0v) is 12.5. The van der Waals surface area contributed by atoms with E-state index in [0.29, 0.717) is 5.91 Å². The summed E-state index contributed by atoms with van der Waals surface area (Å²) in [5.41, 5.74) is 1.39. The molecule has 1 amide bonds. The number of amides is 1. The third-order valence-corrected chi connectivity index (χ3v) is 4.12. The SMILES string of the molecule is CN(CCCCc1ccccc1)C(=O)C1CCNCC1. The predicted molar refractivity (Wildman–Crippen MR) is 82.6 cm³/mol. The van der Waals surface area contributed by atoms with Crippen LogP contribution in [0, 0.1) is 5.92 Å². The van der Waals surface area contributed by atoms with Gasteiger partial charge in [-0.05, 0) is 50.8 Å². The number of unbranched alkanes of at least 4 members (excludes halogenated alkanes) is 1. The molecule has 1 heterocycles. The zero-order chi connectivity index (χ0) is 14.2. The molecule has 0 unspecified atom stereocenters. The fourth-order valence-corrected chi connectivity index (χ4v) is 2.81. The van der Waals surface area contributed by atoms with E-state index in [9.17, 15) is 4.79 Å². The van der Waals surface area contributed by atoms with Gasteiger partial charge < -0.3 is 10.2 Å². The van der Waals surface area contributed by atoms with Crippen LogP contribution in [-0.4, -0.2) is 37.5 Å². The van der Waals surface area contributed by atoms with E-state index in [1.807, 2.05) is 11.9 Å². The molecule has 3 nitrogen and oxygen atoms in total. The third kappa shape index (κ3) is 4.64. The van der Waals surface area contributed by atoms with E-state index in [2.05, 4.69) is 35.6 Å².